The van der Waals surface area contributed by atoms with E-state index in [4.69, 9.17) is 5.73 Å². The highest BCUT2D eigenvalue weighted by molar-refractivity contribution is 5.38. The third-order valence-corrected chi connectivity index (χ3v) is 3.71. The minimum Gasteiger partial charge on any atom is -0.382 e. The lowest BCUT2D eigenvalue weighted by molar-refractivity contribution is 0.306. The van der Waals surface area contributed by atoms with Crippen molar-refractivity contribution < 1.29 is 0 Å². The molecule has 0 bridgehead atoms. The molecule has 1 aliphatic carbocycles. The van der Waals surface area contributed by atoms with E-state index in [-0.39, 0.29) is 0 Å². The number of nitrogen functional groups attached to an aromatic ring is 1. The lowest BCUT2D eigenvalue weighted by Gasteiger charge is -2.27. The molecule has 1 aromatic rings. The van der Waals surface area contributed by atoms with E-state index in [0.29, 0.717) is 11.2 Å². The maximum absolute atomic E-state index is 5.59. The normalized spacial score (nSPS) is 18.6. The van der Waals surface area contributed by atoms with Crippen LogP contribution in [0.1, 0.15) is 39.0 Å². The van der Waals surface area contributed by atoms with Crippen molar-refractivity contribution in [3.8, 4) is 0 Å². The van der Waals surface area contributed by atoms with Gasteiger partial charge in [0.25, 0.3) is 0 Å². The standard InChI is InChI=1S/C12H20N4/c1-2-12(5-3-4-6-12)9-15-11-8-14-7-10(13)16-11/h7-8H,2-6,9H2,1H3,(H3,13,15,16). The summed E-state index contributed by atoms with van der Waals surface area (Å²) in [4.78, 5) is 8.23. The second kappa shape index (κ2) is 4.68. The molecule has 4 nitrogen and oxygen atoms in total. The molecular formula is C12H20N4. The Morgan fingerprint density at radius 1 is 1.38 bits per heavy atom. The van der Waals surface area contributed by atoms with Crippen LogP contribution in [0.4, 0.5) is 11.6 Å². The van der Waals surface area contributed by atoms with Gasteiger partial charge in [-0.05, 0) is 24.7 Å². The van der Waals surface area contributed by atoms with E-state index in [1.807, 2.05) is 0 Å². The minimum atomic E-state index is 0.465. The van der Waals surface area contributed by atoms with Gasteiger partial charge in [-0.2, -0.15) is 0 Å². The van der Waals surface area contributed by atoms with E-state index in [1.165, 1.54) is 32.1 Å². The van der Waals surface area contributed by atoms with Gasteiger partial charge < -0.3 is 11.1 Å². The van der Waals surface area contributed by atoms with E-state index in [1.54, 1.807) is 12.4 Å². The number of nitrogens with two attached hydrogens (primary N) is 1. The Morgan fingerprint density at radius 3 is 2.75 bits per heavy atom. The zero-order valence-corrected chi connectivity index (χ0v) is 9.87. The number of hydrogen-bond donors (Lipinski definition) is 2. The van der Waals surface area contributed by atoms with Gasteiger partial charge in [-0.25, -0.2) is 4.98 Å². The molecule has 0 aliphatic heterocycles. The van der Waals surface area contributed by atoms with E-state index >= 15 is 0 Å². The third kappa shape index (κ3) is 2.43. The average molecular weight is 220 g/mol. The van der Waals surface area contributed by atoms with Crippen LogP contribution >= 0.6 is 0 Å². The largest absolute Gasteiger partial charge is 0.382 e. The summed E-state index contributed by atoms with van der Waals surface area (Å²) in [6.45, 7) is 3.26. The molecular weight excluding hydrogens is 200 g/mol. The molecule has 0 spiro atoms. The summed E-state index contributed by atoms with van der Waals surface area (Å²) in [6.07, 6.45) is 9.90. The molecule has 0 unspecified atom stereocenters. The first-order valence-corrected chi connectivity index (χ1v) is 6.05. The van der Waals surface area contributed by atoms with Crippen LogP contribution in [0.25, 0.3) is 0 Å². The predicted octanol–water partition coefficient (Wildman–Crippen LogP) is 2.44. The quantitative estimate of drug-likeness (QED) is 0.818. The zero-order chi connectivity index (χ0) is 11.4. The Bertz CT molecular complexity index is 345. The fourth-order valence-corrected chi connectivity index (χ4v) is 2.52. The van der Waals surface area contributed by atoms with Crippen LogP contribution in [0.2, 0.25) is 0 Å². The summed E-state index contributed by atoms with van der Waals surface area (Å²) in [5, 5.41) is 3.37. The van der Waals surface area contributed by atoms with Crippen LogP contribution in [-0.2, 0) is 0 Å². The monoisotopic (exact) mass is 220 g/mol. The van der Waals surface area contributed by atoms with Crippen molar-refractivity contribution in [1.29, 1.82) is 0 Å². The molecule has 4 heteroatoms. The summed E-state index contributed by atoms with van der Waals surface area (Å²) in [5.74, 6) is 1.27. The average Bonchev–Trinajstić information content (AvgIpc) is 2.76. The molecule has 1 aliphatic rings. The highest BCUT2D eigenvalue weighted by Gasteiger charge is 2.31. The van der Waals surface area contributed by atoms with Crippen LogP contribution in [0.3, 0.4) is 0 Å². The second-order valence-electron chi connectivity index (χ2n) is 4.74. The van der Waals surface area contributed by atoms with Crippen molar-refractivity contribution in [2.24, 2.45) is 5.41 Å². The maximum atomic E-state index is 5.59. The summed E-state index contributed by atoms with van der Waals surface area (Å²) in [7, 11) is 0. The van der Waals surface area contributed by atoms with Gasteiger partial charge in [0.15, 0.2) is 0 Å². The van der Waals surface area contributed by atoms with Crippen LogP contribution in [0.5, 0.6) is 0 Å². The Kier molecular flexibility index (Phi) is 3.27. The molecule has 2 rings (SSSR count). The first-order valence-electron chi connectivity index (χ1n) is 6.05. The van der Waals surface area contributed by atoms with Crippen molar-refractivity contribution in [2.75, 3.05) is 17.6 Å². The van der Waals surface area contributed by atoms with Gasteiger partial charge in [-0.15, -0.1) is 0 Å². The summed E-state index contributed by atoms with van der Waals surface area (Å²) < 4.78 is 0. The number of hydrogen-bond acceptors (Lipinski definition) is 4. The van der Waals surface area contributed by atoms with Crippen molar-refractivity contribution in [1.82, 2.24) is 9.97 Å². The number of rotatable bonds is 4. The molecule has 1 heterocycles. The first-order chi connectivity index (χ1) is 7.74. The van der Waals surface area contributed by atoms with Crippen molar-refractivity contribution in [2.45, 2.75) is 39.0 Å². The van der Waals surface area contributed by atoms with Gasteiger partial charge in [-0.3, -0.25) is 4.98 Å². The lowest BCUT2D eigenvalue weighted by atomic mass is 9.83. The minimum absolute atomic E-state index is 0.465. The molecule has 3 N–H and O–H groups in total. The van der Waals surface area contributed by atoms with E-state index in [9.17, 15) is 0 Å². The van der Waals surface area contributed by atoms with Crippen LogP contribution in [0.15, 0.2) is 12.4 Å². The summed E-state index contributed by atoms with van der Waals surface area (Å²) >= 11 is 0. The highest BCUT2D eigenvalue weighted by atomic mass is 15.0. The molecule has 0 atom stereocenters. The van der Waals surface area contributed by atoms with Crippen molar-refractivity contribution in [3.63, 3.8) is 0 Å². The highest BCUT2D eigenvalue weighted by Crippen LogP contribution is 2.40. The molecule has 16 heavy (non-hydrogen) atoms. The first kappa shape index (κ1) is 11.2. The third-order valence-electron chi connectivity index (χ3n) is 3.71. The fourth-order valence-electron chi connectivity index (χ4n) is 2.52. The number of nitrogens with one attached hydrogen (secondary N) is 1. The molecule has 0 amide bonds. The summed E-state index contributed by atoms with van der Waals surface area (Å²) in [6, 6.07) is 0. The molecule has 0 aromatic carbocycles. The Hall–Kier alpha value is -1.32. The molecule has 1 saturated carbocycles. The molecule has 0 saturated heterocycles. The molecule has 0 radical (unpaired) electrons. The van der Waals surface area contributed by atoms with Gasteiger partial charge in [0.2, 0.25) is 0 Å². The van der Waals surface area contributed by atoms with Crippen LogP contribution in [-0.4, -0.2) is 16.5 Å². The number of aromatic nitrogens is 2. The zero-order valence-electron chi connectivity index (χ0n) is 9.87. The topological polar surface area (TPSA) is 63.8 Å². The predicted molar refractivity (Wildman–Crippen MR) is 66.1 cm³/mol. The number of anilines is 2. The Balaban J connectivity index is 1.95. The van der Waals surface area contributed by atoms with Crippen LogP contribution in [0, 0.1) is 5.41 Å². The second-order valence-corrected chi connectivity index (χ2v) is 4.74. The molecule has 88 valence electrons. The summed E-state index contributed by atoms with van der Waals surface area (Å²) in [5.41, 5.74) is 6.06. The van der Waals surface area contributed by atoms with E-state index in [0.717, 1.165) is 12.4 Å². The van der Waals surface area contributed by atoms with Gasteiger partial charge in [0.05, 0.1) is 12.4 Å². The van der Waals surface area contributed by atoms with Crippen molar-refractivity contribution >= 4 is 11.6 Å². The molecule has 1 fully saturated rings. The van der Waals surface area contributed by atoms with E-state index < -0.39 is 0 Å². The maximum Gasteiger partial charge on any atom is 0.146 e. The number of nitrogens with zero attached hydrogens (tertiary/aromatic N) is 2. The SMILES string of the molecule is CCC1(CNc2cncc(N)n2)CCCC1. The molecule has 1 aromatic heterocycles. The lowest BCUT2D eigenvalue weighted by Crippen LogP contribution is -2.26. The van der Waals surface area contributed by atoms with Crippen LogP contribution < -0.4 is 11.1 Å². The van der Waals surface area contributed by atoms with Gasteiger partial charge in [0, 0.05) is 6.54 Å². The fraction of sp³-hybridized carbons (Fsp3) is 0.667. The van der Waals surface area contributed by atoms with Gasteiger partial charge in [0.1, 0.15) is 11.6 Å². The smallest absolute Gasteiger partial charge is 0.146 e. The Morgan fingerprint density at radius 2 is 2.12 bits per heavy atom. The van der Waals surface area contributed by atoms with E-state index in [2.05, 4.69) is 22.2 Å². The Labute approximate surface area is 96.7 Å². The van der Waals surface area contributed by atoms with Gasteiger partial charge >= 0.3 is 0 Å². The van der Waals surface area contributed by atoms with Gasteiger partial charge in [-0.1, -0.05) is 19.8 Å². The van der Waals surface area contributed by atoms with Crippen molar-refractivity contribution in [3.05, 3.63) is 12.4 Å².